The zero-order valence-corrected chi connectivity index (χ0v) is 45.1. The van der Waals surface area contributed by atoms with Crippen LogP contribution in [0.1, 0.15) is 108 Å². The molecule has 3 unspecified atom stereocenters. The minimum Gasteiger partial charge on any atom is -0.496 e. The predicted octanol–water partition coefficient (Wildman–Crippen LogP) is 9.84. The Balaban J connectivity index is 0.000000257. The number of urea groups is 3. The fourth-order valence-electron chi connectivity index (χ4n) is 9.42. The Labute approximate surface area is 475 Å². The maximum Gasteiger partial charge on any atom is 0.328 e. The van der Waals surface area contributed by atoms with Crippen LogP contribution in [0.15, 0.2) is 152 Å². The van der Waals surface area contributed by atoms with Gasteiger partial charge in [-0.2, -0.15) is 0 Å². The van der Waals surface area contributed by atoms with Crippen molar-refractivity contribution < 1.29 is 47.9 Å². The number of hydrogen-bond donors (Lipinski definition) is 0. The Hall–Kier alpha value is -9.19. The number of pyridine rings is 2. The number of carbonyl (C=O) groups excluding carboxylic acids is 9. The highest BCUT2D eigenvalue weighted by atomic mass is 16.5. The van der Waals surface area contributed by atoms with E-state index in [0.717, 1.165) is 31.4 Å². The number of likely N-dealkylation sites (N-methyl/N-ethyl adjacent to an activating group) is 3. The molecule has 18 heteroatoms. The van der Waals surface area contributed by atoms with Crippen LogP contribution >= 0.6 is 0 Å². The van der Waals surface area contributed by atoms with Crippen LogP contribution in [-0.4, -0.2) is 146 Å². The van der Waals surface area contributed by atoms with Crippen molar-refractivity contribution in [2.45, 2.75) is 86.4 Å². The molecule has 6 aromatic rings. The number of Topliss-reactive ketones (excluding diaryl/α,β-unsaturated/α-hetero) is 3. The maximum absolute atomic E-state index is 13.3. The molecule has 3 saturated heterocycles. The lowest BCUT2D eigenvalue weighted by molar-refractivity contribution is -0.133. The molecule has 81 heavy (non-hydrogen) atoms. The quantitative estimate of drug-likeness (QED) is 0.0695. The van der Waals surface area contributed by atoms with Crippen LogP contribution in [0.25, 0.3) is 0 Å². The van der Waals surface area contributed by atoms with Crippen molar-refractivity contribution in [3.05, 3.63) is 197 Å². The minimum atomic E-state index is -1.25. The standard InChI is InChI=1S/C22H24N2O4.C20H21N3O3.C18H17N3O3.3CH4/c1-14-11-17(19(28-5)12-15(14)2)22(3)20(26)24(21(27)23(22)4)13-18(25)16-9-7-6-8-10-16;1-20(11-10-15-7-4-3-5-8-15)18(25)23(19(26)22(20)2)14-17(24)16-9-6-12-21-13-16;1-18(15-10-6-7-11-19-15)16(23)21(17(24)20(18)2)12-14(22)13-8-4-3-5-9-13;;;/h6-12H,13H2,1-5H3;3-9,12-13H,10-11,14H2,1-2H3;3-11H,12H2,1-2H3;3*1H4. The number of rotatable bonds is 15. The van der Waals surface area contributed by atoms with Crippen LogP contribution in [-0.2, 0) is 31.9 Å². The van der Waals surface area contributed by atoms with E-state index in [1.54, 1.807) is 145 Å². The topological polar surface area (TPSA) is 208 Å². The van der Waals surface area contributed by atoms with Crippen molar-refractivity contribution in [3.63, 3.8) is 0 Å². The normalized spacial score (nSPS) is 19.2. The second-order valence-electron chi connectivity index (χ2n) is 19.7. The van der Waals surface area contributed by atoms with Gasteiger partial charge in [-0.1, -0.05) is 119 Å². The highest BCUT2D eigenvalue weighted by Crippen LogP contribution is 2.42. The molecule has 9 rings (SSSR count). The van der Waals surface area contributed by atoms with Gasteiger partial charge in [0.05, 0.1) is 32.4 Å². The number of amides is 9. The van der Waals surface area contributed by atoms with Gasteiger partial charge in [0.15, 0.2) is 22.9 Å². The smallest absolute Gasteiger partial charge is 0.328 e. The number of imide groups is 3. The van der Waals surface area contributed by atoms with E-state index < -0.39 is 46.5 Å². The third kappa shape index (κ3) is 12.6. The largest absolute Gasteiger partial charge is 0.496 e. The monoisotopic (exact) mass is 1100 g/mol. The lowest BCUT2D eigenvalue weighted by Gasteiger charge is -2.31. The van der Waals surface area contributed by atoms with E-state index in [4.69, 9.17) is 4.74 Å². The van der Waals surface area contributed by atoms with Gasteiger partial charge >= 0.3 is 18.1 Å². The first-order valence-corrected chi connectivity index (χ1v) is 25.1. The number of aryl methyl sites for hydroxylation is 3. The third-order valence-corrected chi connectivity index (χ3v) is 15.0. The van der Waals surface area contributed by atoms with Gasteiger partial charge in [-0.15, -0.1) is 0 Å². The maximum atomic E-state index is 13.3. The van der Waals surface area contributed by atoms with Crippen LogP contribution in [0.3, 0.4) is 0 Å². The van der Waals surface area contributed by atoms with Crippen LogP contribution in [0.5, 0.6) is 5.75 Å². The van der Waals surface area contributed by atoms with E-state index in [-0.39, 0.29) is 65.2 Å². The first kappa shape index (κ1) is 64.3. The molecule has 2 aromatic heterocycles. The van der Waals surface area contributed by atoms with Crippen LogP contribution < -0.4 is 4.74 Å². The zero-order valence-electron chi connectivity index (χ0n) is 45.1. The highest BCUT2D eigenvalue weighted by molar-refractivity contribution is 6.13. The Bertz CT molecular complexity index is 3260. The van der Waals surface area contributed by atoms with Crippen molar-refractivity contribution in [2.75, 3.05) is 47.9 Å². The van der Waals surface area contributed by atoms with Crippen molar-refractivity contribution in [3.8, 4) is 5.75 Å². The zero-order chi connectivity index (χ0) is 56.7. The Morgan fingerprint density at radius 3 is 1.42 bits per heavy atom. The van der Waals surface area contributed by atoms with Crippen LogP contribution in [0.4, 0.5) is 14.4 Å². The molecule has 0 saturated carbocycles. The van der Waals surface area contributed by atoms with Gasteiger partial charge in [0.1, 0.15) is 16.8 Å². The SMILES string of the molecule is C.C.C.CN1C(=O)N(CC(=O)c2ccccc2)C(=O)C1(C)c1ccccn1.CN1C(=O)N(CC(=O)c2cccnc2)C(=O)C1(C)CCc1ccccc1.COc1cc(C)c(C)cc1C1(C)C(=O)N(CC(=O)c2ccccc2)C(=O)N1C. The summed E-state index contributed by atoms with van der Waals surface area (Å²) in [6.07, 6.45) is 5.74. The lowest BCUT2D eigenvalue weighted by atomic mass is 9.87. The molecule has 426 valence electrons. The Morgan fingerprint density at radius 2 is 0.938 bits per heavy atom. The average Bonchev–Trinajstić information content (AvgIpc) is 3.82. The molecular formula is C63H74N8O10. The molecule has 5 heterocycles. The number of nitrogens with zero attached hydrogens (tertiary/aromatic N) is 8. The molecule has 0 bridgehead atoms. The number of ketones is 3. The predicted molar refractivity (Wildman–Crippen MR) is 309 cm³/mol. The highest BCUT2D eigenvalue weighted by Gasteiger charge is 2.57. The lowest BCUT2D eigenvalue weighted by Crippen LogP contribution is -2.45. The van der Waals surface area contributed by atoms with Gasteiger partial charge in [-0.25, -0.2) is 14.4 Å². The van der Waals surface area contributed by atoms with Gasteiger partial charge < -0.3 is 19.4 Å². The molecule has 0 radical (unpaired) electrons. The Morgan fingerprint density at radius 1 is 0.506 bits per heavy atom. The molecular weight excluding hydrogens is 1030 g/mol. The minimum absolute atomic E-state index is 0. The number of aromatic nitrogens is 2. The molecule has 0 N–H and O–H groups in total. The van der Waals surface area contributed by atoms with E-state index >= 15 is 0 Å². The van der Waals surface area contributed by atoms with Gasteiger partial charge in [0, 0.05) is 62.0 Å². The Kier molecular flexibility index (Phi) is 21.2. The molecule has 18 nitrogen and oxygen atoms in total. The van der Waals surface area contributed by atoms with Crippen molar-refractivity contribution in [1.29, 1.82) is 0 Å². The summed E-state index contributed by atoms with van der Waals surface area (Å²) >= 11 is 0. The first-order chi connectivity index (χ1) is 37.1. The summed E-state index contributed by atoms with van der Waals surface area (Å²) in [5.74, 6) is -1.56. The molecule has 4 aromatic carbocycles. The summed E-state index contributed by atoms with van der Waals surface area (Å²) in [6.45, 7) is 8.14. The second kappa shape index (κ2) is 26.6. The molecule has 9 amide bonds. The summed E-state index contributed by atoms with van der Waals surface area (Å²) < 4.78 is 5.50. The number of carbonyl (C=O) groups is 9. The van der Waals surface area contributed by atoms with Crippen molar-refractivity contribution in [1.82, 2.24) is 39.4 Å². The third-order valence-electron chi connectivity index (χ3n) is 15.0. The van der Waals surface area contributed by atoms with E-state index in [9.17, 15) is 43.2 Å². The van der Waals surface area contributed by atoms with E-state index in [1.807, 2.05) is 56.3 Å². The number of benzene rings is 4. The van der Waals surface area contributed by atoms with E-state index in [2.05, 4.69) is 9.97 Å². The molecule has 3 atom stereocenters. The van der Waals surface area contributed by atoms with Crippen LogP contribution in [0.2, 0.25) is 0 Å². The van der Waals surface area contributed by atoms with E-state index in [1.165, 1.54) is 28.0 Å². The molecule has 0 spiro atoms. The van der Waals surface area contributed by atoms with Gasteiger partial charge in [-0.05, 0) is 101 Å². The van der Waals surface area contributed by atoms with Gasteiger partial charge in [0.25, 0.3) is 17.7 Å². The average molecular weight is 1100 g/mol. The number of methoxy groups -OCH3 is 1. The van der Waals surface area contributed by atoms with Crippen molar-refractivity contribution >= 4 is 53.2 Å². The fraction of sp³-hybridized carbons (Fsp3) is 0.317. The first-order valence-electron chi connectivity index (χ1n) is 25.1. The fourth-order valence-corrected chi connectivity index (χ4v) is 9.42. The molecule has 3 fully saturated rings. The van der Waals surface area contributed by atoms with Crippen LogP contribution in [0, 0.1) is 13.8 Å². The molecule has 3 aliphatic heterocycles. The molecule has 3 aliphatic rings. The molecule has 0 aliphatic carbocycles. The van der Waals surface area contributed by atoms with Gasteiger partial charge in [-0.3, -0.25) is 53.4 Å². The summed E-state index contributed by atoms with van der Waals surface area (Å²) in [7, 11) is 6.26. The van der Waals surface area contributed by atoms with Crippen molar-refractivity contribution in [2.24, 2.45) is 0 Å². The van der Waals surface area contributed by atoms with E-state index in [0.29, 0.717) is 46.5 Å². The summed E-state index contributed by atoms with van der Waals surface area (Å²) in [4.78, 5) is 130. The number of ether oxygens (including phenoxy) is 1. The number of hydrogen-bond acceptors (Lipinski definition) is 12. The summed E-state index contributed by atoms with van der Waals surface area (Å²) in [6, 6.07) is 37.8. The second-order valence-corrected chi connectivity index (χ2v) is 19.7. The van der Waals surface area contributed by atoms with Gasteiger partial charge in [0.2, 0.25) is 0 Å². The summed E-state index contributed by atoms with van der Waals surface area (Å²) in [5.41, 5.74) is 2.09. The summed E-state index contributed by atoms with van der Waals surface area (Å²) in [5, 5.41) is 0.